The van der Waals surface area contributed by atoms with E-state index >= 15 is 0 Å². The van der Waals surface area contributed by atoms with Crippen molar-refractivity contribution >= 4 is 17.5 Å². The van der Waals surface area contributed by atoms with Gasteiger partial charge in [0.25, 0.3) is 0 Å². The van der Waals surface area contributed by atoms with Crippen LogP contribution in [-0.4, -0.2) is 41.6 Å². The molecule has 1 aromatic heterocycles. The average Bonchev–Trinajstić information content (AvgIpc) is 2.65. The summed E-state index contributed by atoms with van der Waals surface area (Å²) in [7, 11) is 0. The predicted octanol–water partition coefficient (Wildman–Crippen LogP) is 3.21. The Morgan fingerprint density at radius 2 is 2.24 bits per heavy atom. The zero-order valence-electron chi connectivity index (χ0n) is 15.9. The molecule has 0 aromatic carbocycles. The molecule has 140 valence electrons. The highest BCUT2D eigenvalue weighted by atomic mass is 16.1. The second-order valence-electron chi connectivity index (χ2n) is 7.06. The quantitative estimate of drug-likeness (QED) is 0.718. The van der Waals surface area contributed by atoms with Gasteiger partial charge in [-0.1, -0.05) is 13.8 Å². The van der Waals surface area contributed by atoms with Gasteiger partial charge in [0.1, 0.15) is 18.0 Å². The Morgan fingerprint density at radius 1 is 1.40 bits per heavy atom. The molecule has 2 atom stereocenters. The standard InChI is InChI=1S/C19H33N5O/c1-4-10-20-17-12-18(22-14-21-17)24-11-6-7-16(13-24)8-9-19(25)23-15(3)5-2/h12,14-16H,4-11,13H2,1-3H3,(H,23,25)(H,20,21,22)/t15-,16-/m0/s1. The lowest BCUT2D eigenvalue weighted by molar-refractivity contribution is -0.122. The molecule has 0 unspecified atom stereocenters. The van der Waals surface area contributed by atoms with Gasteiger partial charge in [-0.3, -0.25) is 4.79 Å². The fourth-order valence-electron chi connectivity index (χ4n) is 3.16. The van der Waals surface area contributed by atoms with E-state index in [4.69, 9.17) is 0 Å². The number of hydrogen-bond acceptors (Lipinski definition) is 5. The van der Waals surface area contributed by atoms with Gasteiger partial charge in [0.15, 0.2) is 0 Å². The van der Waals surface area contributed by atoms with Crippen LogP contribution >= 0.6 is 0 Å². The van der Waals surface area contributed by atoms with Gasteiger partial charge in [-0.05, 0) is 44.9 Å². The van der Waals surface area contributed by atoms with Crippen LogP contribution < -0.4 is 15.5 Å². The maximum absolute atomic E-state index is 12.0. The highest BCUT2D eigenvalue weighted by molar-refractivity contribution is 5.76. The zero-order chi connectivity index (χ0) is 18.1. The lowest BCUT2D eigenvalue weighted by Crippen LogP contribution is -2.37. The summed E-state index contributed by atoms with van der Waals surface area (Å²) in [5, 5.41) is 6.38. The van der Waals surface area contributed by atoms with Gasteiger partial charge in [-0.15, -0.1) is 0 Å². The number of piperidine rings is 1. The van der Waals surface area contributed by atoms with Gasteiger partial charge >= 0.3 is 0 Å². The fourth-order valence-corrected chi connectivity index (χ4v) is 3.16. The van der Waals surface area contributed by atoms with Crippen LogP contribution in [0.5, 0.6) is 0 Å². The summed E-state index contributed by atoms with van der Waals surface area (Å²) in [6.45, 7) is 9.21. The summed E-state index contributed by atoms with van der Waals surface area (Å²) in [4.78, 5) is 23.1. The van der Waals surface area contributed by atoms with Gasteiger partial charge in [0, 0.05) is 38.2 Å². The van der Waals surface area contributed by atoms with Gasteiger partial charge in [0.2, 0.25) is 5.91 Å². The Hall–Kier alpha value is -1.85. The first kappa shape index (κ1) is 19.5. The third-order valence-electron chi connectivity index (χ3n) is 4.85. The minimum Gasteiger partial charge on any atom is -0.370 e. The zero-order valence-corrected chi connectivity index (χ0v) is 15.9. The molecule has 2 heterocycles. The summed E-state index contributed by atoms with van der Waals surface area (Å²) >= 11 is 0. The van der Waals surface area contributed by atoms with Crippen molar-refractivity contribution < 1.29 is 4.79 Å². The van der Waals surface area contributed by atoms with Crippen molar-refractivity contribution in [3.8, 4) is 0 Å². The number of carbonyl (C=O) groups excluding carboxylic acids is 1. The molecule has 6 nitrogen and oxygen atoms in total. The molecule has 0 spiro atoms. The molecule has 6 heteroatoms. The Labute approximate surface area is 151 Å². The van der Waals surface area contributed by atoms with E-state index in [1.54, 1.807) is 6.33 Å². The van der Waals surface area contributed by atoms with Crippen LogP contribution in [0.25, 0.3) is 0 Å². The number of hydrogen-bond donors (Lipinski definition) is 2. The Morgan fingerprint density at radius 3 is 3.00 bits per heavy atom. The first-order chi connectivity index (χ1) is 12.1. The molecule has 1 amide bonds. The van der Waals surface area contributed by atoms with E-state index in [0.29, 0.717) is 12.3 Å². The highest BCUT2D eigenvalue weighted by Crippen LogP contribution is 2.25. The molecule has 1 fully saturated rings. The van der Waals surface area contributed by atoms with E-state index in [9.17, 15) is 4.79 Å². The third-order valence-corrected chi connectivity index (χ3v) is 4.85. The second kappa shape index (κ2) is 10.2. The van der Waals surface area contributed by atoms with Crippen LogP contribution in [0, 0.1) is 5.92 Å². The van der Waals surface area contributed by atoms with Crippen molar-refractivity contribution in [3.63, 3.8) is 0 Å². The van der Waals surface area contributed by atoms with Gasteiger partial charge in [-0.2, -0.15) is 0 Å². The van der Waals surface area contributed by atoms with E-state index in [-0.39, 0.29) is 11.9 Å². The number of nitrogens with one attached hydrogen (secondary N) is 2. The van der Waals surface area contributed by atoms with E-state index in [0.717, 1.165) is 57.0 Å². The molecule has 0 saturated carbocycles. The monoisotopic (exact) mass is 347 g/mol. The van der Waals surface area contributed by atoms with Crippen LogP contribution in [0.2, 0.25) is 0 Å². The Balaban J connectivity index is 1.85. The fraction of sp³-hybridized carbons (Fsp3) is 0.737. The number of rotatable bonds is 9. The number of anilines is 2. The summed E-state index contributed by atoms with van der Waals surface area (Å²) in [6, 6.07) is 2.30. The van der Waals surface area contributed by atoms with Crippen LogP contribution in [-0.2, 0) is 4.79 Å². The largest absolute Gasteiger partial charge is 0.370 e. The number of nitrogens with zero attached hydrogens (tertiary/aromatic N) is 3. The molecule has 1 aromatic rings. The smallest absolute Gasteiger partial charge is 0.220 e. The summed E-state index contributed by atoms with van der Waals surface area (Å²) in [6.07, 6.45) is 7.60. The SMILES string of the molecule is CCCNc1cc(N2CCC[C@@H](CCC(=O)N[C@@H](C)CC)C2)ncn1. The molecule has 1 aliphatic rings. The first-order valence-corrected chi connectivity index (χ1v) is 9.72. The van der Waals surface area contributed by atoms with Crippen molar-refractivity contribution in [3.05, 3.63) is 12.4 Å². The van der Waals surface area contributed by atoms with Crippen LogP contribution in [0.3, 0.4) is 0 Å². The lowest BCUT2D eigenvalue weighted by Gasteiger charge is -2.33. The minimum atomic E-state index is 0.180. The van der Waals surface area contributed by atoms with E-state index in [2.05, 4.69) is 46.3 Å². The van der Waals surface area contributed by atoms with E-state index < -0.39 is 0 Å². The highest BCUT2D eigenvalue weighted by Gasteiger charge is 2.22. The Bertz CT molecular complexity index is 536. The topological polar surface area (TPSA) is 70.2 Å². The van der Waals surface area contributed by atoms with Crippen molar-refractivity contribution in [2.45, 2.75) is 65.3 Å². The Kier molecular flexibility index (Phi) is 7.95. The summed E-state index contributed by atoms with van der Waals surface area (Å²) < 4.78 is 0. The lowest BCUT2D eigenvalue weighted by atomic mass is 9.93. The van der Waals surface area contributed by atoms with Crippen LogP contribution in [0.15, 0.2) is 12.4 Å². The van der Waals surface area contributed by atoms with E-state index in [1.807, 2.05) is 6.07 Å². The van der Waals surface area contributed by atoms with Crippen molar-refractivity contribution in [1.82, 2.24) is 15.3 Å². The molecular formula is C19H33N5O. The second-order valence-corrected chi connectivity index (χ2v) is 7.06. The molecule has 2 N–H and O–H groups in total. The van der Waals surface area contributed by atoms with Crippen LogP contribution in [0.4, 0.5) is 11.6 Å². The third kappa shape index (κ3) is 6.52. The maximum Gasteiger partial charge on any atom is 0.220 e. The molecule has 0 bridgehead atoms. The van der Waals surface area contributed by atoms with Gasteiger partial charge in [0.05, 0.1) is 0 Å². The molecule has 25 heavy (non-hydrogen) atoms. The molecule has 0 radical (unpaired) electrons. The van der Waals surface area contributed by atoms with Crippen LogP contribution in [0.1, 0.15) is 59.3 Å². The average molecular weight is 348 g/mol. The molecule has 1 saturated heterocycles. The van der Waals surface area contributed by atoms with Gasteiger partial charge in [-0.25, -0.2) is 9.97 Å². The molecule has 2 rings (SSSR count). The molecule has 0 aliphatic carbocycles. The first-order valence-electron chi connectivity index (χ1n) is 9.72. The predicted molar refractivity (Wildman–Crippen MR) is 103 cm³/mol. The summed E-state index contributed by atoms with van der Waals surface area (Å²) in [5.41, 5.74) is 0. The van der Waals surface area contributed by atoms with Crippen molar-refractivity contribution in [1.29, 1.82) is 0 Å². The molecular weight excluding hydrogens is 314 g/mol. The maximum atomic E-state index is 12.0. The number of carbonyl (C=O) groups is 1. The summed E-state index contributed by atoms with van der Waals surface area (Å²) in [5.74, 6) is 2.61. The minimum absolute atomic E-state index is 0.180. The molecule has 1 aliphatic heterocycles. The number of amides is 1. The van der Waals surface area contributed by atoms with Gasteiger partial charge < -0.3 is 15.5 Å². The normalized spacial score (nSPS) is 18.7. The number of aromatic nitrogens is 2. The van der Waals surface area contributed by atoms with Crippen molar-refractivity contribution in [2.75, 3.05) is 29.9 Å². The van der Waals surface area contributed by atoms with E-state index in [1.165, 1.54) is 6.42 Å². The van der Waals surface area contributed by atoms with Crippen molar-refractivity contribution in [2.24, 2.45) is 5.92 Å².